The molecule has 0 aliphatic rings. The van der Waals surface area contributed by atoms with E-state index in [0.29, 0.717) is 5.56 Å². The van der Waals surface area contributed by atoms with Crippen LogP contribution in [0, 0.1) is 0 Å². The lowest BCUT2D eigenvalue weighted by molar-refractivity contribution is 0.102. The van der Waals surface area contributed by atoms with Gasteiger partial charge in [0, 0.05) is 10.0 Å². The standard InChI is InChI=1S/C11H13BrO3S/c1-8(2)16(14,15)7-11(13)9-3-5-10(12)6-4-9/h3-6,8H,7H2,1-2H3. The summed E-state index contributed by atoms with van der Waals surface area (Å²) in [5.74, 6) is -0.784. The maximum atomic E-state index is 11.7. The molecule has 5 heteroatoms. The molecule has 0 atom stereocenters. The largest absolute Gasteiger partial charge is 0.293 e. The summed E-state index contributed by atoms with van der Waals surface area (Å²) in [6.07, 6.45) is 0. The van der Waals surface area contributed by atoms with Gasteiger partial charge in [-0.05, 0) is 26.0 Å². The summed E-state index contributed by atoms with van der Waals surface area (Å²) >= 11 is 3.25. The molecule has 0 spiro atoms. The Morgan fingerprint density at radius 1 is 1.25 bits per heavy atom. The first-order valence-electron chi connectivity index (χ1n) is 4.83. The van der Waals surface area contributed by atoms with Crippen LogP contribution in [0.15, 0.2) is 28.7 Å². The van der Waals surface area contributed by atoms with Crippen molar-refractivity contribution in [3.05, 3.63) is 34.3 Å². The van der Waals surface area contributed by atoms with Crippen LogP contribution in [-0.2, 0) is 9.84 Å². The molecule has 0 aliphatic heterocycles. The molecule has 88 valence electrons. The van der Waals surface area contributed by atoms with Gasteiger partial charge in [0.05, 0.1) is 5.25 Å². The van der Waals surface area contributed by atoms with Gasteiger partial charge in [0.1, 0.15) is 5.75 Å². The number of carbonyl (C=O) groups excluding carboxylic acids is 1. The van der Waals surface area contributed by atoms with Crippen molar-refractivity contribution in [1.82, 2.24) is 0 Å². The van der Waals surface area contributed by atoms with Crippen molar-refractivity contribution in [1.29, 1.82) is 0 Å². The van der Waals surface area contributed by atoms with E-state index in [1.54, 1.807) is 38.1 Å². The summed E-state index contributed by atoms with van der Waals surface area (Å²) in [4.78, 5) is 11.7. The number of hydrogen-bond donors (Lipinski definition) is 0. The minimum Gasteiger partial charge on any atom is -0.293 e. The zero-order valence-corrected chi connectivity index (χ0v) is 11.5. The second-order valence-electron chi connectivity index (χ2n) is 3.79. The molecule has 0 saturated carbocycles. The molecule has 1 aromatic rings. The van der Waals surface area contributed by atoms with E-state index in [-0.39, 0.29) is 5.78 Å². The second-order valence-corrected chi connectivity index (χ2v) is 7.26. The molecule has 0 N–H and O–H groups in total. The van der Waals surface area contributed by atoms with Gasteiger partial charge in [0.2, 0.25) is 0 Å². The van der Waals surface area contributed by atoms with Crippen LogP contribution in [0.5, 0.6) is 0 Å². The molecule has 0 aliphatic carbocycles. The SMILES string of the molecule is CC(C)S(=O)(=O)CC(=O)c1ccc(Br)cc1. The Morgan fingerprint density at radius 3 is 2.19 bits per heavy atom. The van der Waals surface area contributed by atoms with E-state index in [0.717, 1.165) is 4.47 Å². The van der Waals surface area contributed by atoms with E-state index >= 15 is 0 Å². The Hall–Kier alpha value is -0.680. The Morgan fingerprint density at radius 2 is 1.75 bits per heavy atom. The third-order valence-electron chi connectivity index (χ3n) is 2.22. The molecule has 0 amide bonds. The molecule has 0 radical (unpaired) electrons. The Balaban J connectivity index is 2.85. The fourth-order valence-corrected chi connectivity index (χ4v) is 2.20. The van der Waals surface area contributed by atoms with Crippen LogP contribution in [0.1, 0.15) is 24.2 Å². The highest BCUT2D eigenvalue weighted by molar-refractivity contribution is 9.10. The molecule has 0 fully saturated rings. The first-order chi connectivity index (χ1) is 7.33. The van der Waals surface area contributed by atoms with Crippen LogP contribution in [0.25, 0.3) is 0 Å². The van der Waals surface area contributed by atoms with Gasteiger partial charge in [0.25, 0.3) is 0 Å². The van der Waals surface area contributed by atoms with Crippen LogP contribution in [0.2, 0.25) is 0 Å². The number of sulfone groups is 1. The summed E-state index contributed by atoms with van der Waals surface area (Å²) in [6.45, 7) is 3.15. The molecular formula is C11H13BrO3S. The summed E-state index contributed by atoms with van der Waals surface area (Å²) in [6, 6.07) is 6.66. The van der Waals surface area contributed by atoms with Gasteiger partial charge < -0.3 is 0 Å². The normalized spacial score (nSPS) is 11.8. The summed E-state index contributed by atoms with van der Waals surface area (Å²) in [5, 5.41) is -0.521. The molecular weight excluding hydrogens is 292 g/mol. The van der Waals surface area contributed by atoms with Gasteiger partial charge in [-0.25, -0.2) is 8.42 Å². The van der Waals surface area contributed by atoms with Gasteiger partial charge in [-0.2, -0.15) is 0 Å². The van der Waals surface area contributed by atoms with Gasteiger partial charge in [-0.15, -0.1) is 0 Å². The van der Waals surface area contributed by atoms with Crippen molar-refractivity contribution in [2.45, 2.75) is 19.1 Å². The first-order valence-corrected chi connectivity index (χ1v) is 7.34. The van der Waals surface area contributed by atoms with Gasteiger partial charge in [0.15, 0.2) is 15.6 Å². The van der Waals surface area contributed by atoms with E-state index < -0.39 is 20.8 Å². The fourth-order valence-electron chi connectivity index (χ4n) is 1.07. The van der Waals surface area contributed by atoms with Crippen molar-refractivity contribution in [3.8, 4) is 0 Å². The number of rotatable bonds is 4. The predicted octanol–water partition coefficient (Wildman–Crippen LogP) is 2.46. The molecule has 1 rings (SSSR count). The van der Waals surface area contributed by atoms with Crippen molar-refractivity contribution in [2.24, 2.45) is 0 Å². The lowest BCUT2D eigenvalue weighted by atomic mass is 10.2. The van der Waals surface area contributed by atoms with Crippen LogP contribution >= 0.6 is 15.9 Å². The molecule has 16 heavy (non-hydrogen) atoms. The summed E-state index contributed by atoms with van der Waals surface area (Å²) < 4.78 is 24.0. The van der Waals surface area contributed by atoms with Crippen molar-refractivity contribution in [2.75, 3.05) is 5.75 Å². The summed E-state index contributed by atoms with van der Waals surface area (Å²) in [5.41, 5.74) is 0.424. The number of halogens is 1. The highest BCUT2D eigenvalue weighted by atomic mass is 79.9. The molecule has 3 nitrogen and oxygen atoms in total. The van der Waals surface area contributed by atoms with Crippen molar-refractivity contribution in [3.63, 3.8) is 0 Å². The van der Waals surface area contributed by atoms with E-state index in [9.17, 15) is 13.2 Å². The summed E-state index contributed by atoms with van der Waals surface area (Å²) in [7, 11) is -3.32. The third kappa shape index (κ3) is 3.42. The number of carbonyl (C=O) groups is 1. The fraction of sp³-hybridized carbons (Fsp3) is 0.364. The first kappa shape index (κ1) is 13.4. The lowest BCUT2D eigenvalue weighted by Crippen LogP contribution is -2.23. The molecule has 0 heterocycles. The average molecular weight is 305 g/mol. The highest BCUT2D eigenvalue weighted by Crippen LogP contribution is 2.12. The maximum absolute atomic E-state index is 11.7. The average Bonchev–Trinajstić information content (AvgIpc) is 2.17. The van der Waals surface area contributed by atoms with Gasteiger partial charge in [-0.3, -0.25) is 4.79 Å². The Bertz CT molecular complexity index is 474. The van der Waals surface area contributed by atoms with Crippen molar-refractivity contribution < 1.29 is 13.2 Å². The van der Waals surface area contributed by atoms with E-state index in [4.69, 9.17) is 0 Å². The van der Waals surface area contributed by atoms with Gasteiger partial charge >= 0.3 is 0 Å². The topological polar surface area (TPSA) is 51.2 Å². The second kappa shape index (κ2) is 5.10. The number of ketones is 1. The lowest BCUT2D eigenvalue weighted by Gasteiger charge is -2.06. The minimum absolute atomic E-state index is 0.360. The third-order valence-corrected chi connectivity index (χ3v) is 4.85. The smallest absolute Gasteiger partial charge is 0.177 e. The van der Waals surface area contributed by atoms with E-state index in [2.05, 4.69) is 15.9 Å². The minimum atomic E-state index is -3.32. The van der Waals surface area contributed by atoms with E-state index in [1.165, 1.54) is 0 Å². The van der Waals surface area contributed by atoms with Crippen LogP contribution in [0.4, 0.5) is 0 Å². The highest BCUT2D eigenvalue weighted by Gasteiger charge is 2.21. The predicted molar refractivity (Wildman–Crippen MR) is 67.4 cm³/mol. The maximum Gasteiger partial charge on any atom is 0.177 e. The number of benzene rings is 1. The quantitative estimate of drug-likeness (QED) is 0.803. The van der Waals surface area contributed by atoms with Crippen LogP contribution in [0.3, 0.4) is 0 Å². The molecule has 0 unspecified atom stereocenters. The van der Waals surface area contributed by atoms with Crippen molar-refractivity contribution >= 4 is 31.6 Å². The Labute approximate surface area is 104 Å². The monoisotopic (exact) mass is 304 g/mol. The number of Topliss-reactive ketones (excluding diaryl/α,β-unsaturated/α-hetero) is 1. The van der Waals surface area contributed by atoms with Gasteiger partial charge in [-0.1, -0.05) is 28.1 Å². The number of hydrogen-bond acceptors (Lipinski definition) is 3. The molecule has 0 bridgehead atoms. The van der Waals surface area contributed by atoms with Crippen LogP contribution in [-0.4, -0.2) is 25.2 Å². The zero-order chi connectivity index (χ0) is 12.3. The van der Waals surface area contributed by atoms with E-state index in [1.807, 2.05) is 0 Å². The molecule has 1 aromatic carbocycles. The Kier molecular flexibility index (Phi) is 4.27. The van der Waals surface area contributed by atoms with Crippen LogP contribution < -0.4 is 0 Å². The molecule has 0 saturated heterocycles. The zero-order valence-electron chi connectivity index (χ0n) is 9.10. The molecule has 0 aromatic heterocycles.